The van der Waals surface area contributed by atoms with Gasteiger partial charge in [-0.2, -0.15) is 0 Å². The number of aromatic amines is 1. The number of carboxylic acids is 1. The molecule has 2 aromatic heterocycles. The van der Waals surface area contributed by atoms with Crippen LogP contribution in [0.2, 0.25) is 0 Å². The Morgan fingerprint density at radius 3 is 2.60 bits per heavy atom. The second-order valence-corrected chi connectivity index (χ2v) is 7.58. The SMILES string of the molecule is Cc1cnc(C(=O)c2sc3cc(O)ccc3c2Oc2ccc(/C=C/C(=O)O)cc2)[nH]1. The number of aryl methyl sites for hydroxylation is 1. The van der Waals surface area contributed by atoms with Gasteiger partial charge in [-0.25, -0.2) is 9.78 Å². The minimum absolute atomic E-state index is 0.0951. The smallest absolute Gasteiger partial charge is 0.328 e. The Morgan fingerprint density at radius 1 is 1.17 bits per heavy atom. The molecule has 0 amide bonds. The first kappa shape index (κ1) is 19.4. The number of nitrogens with one attached hydrogen (secondary N) is 1. The molecule has 150 valence electrons. The largest absolute Gasteiger partial charge is 0.508 e. The topological polar surface area (TPSA) is 113 Å². The van der Waals surface area contributed by atoms with Crippen molar-refractivity contribution in [3.63, 3.8) is 0 Å². The first-order valence-corrected chi connectivity index (χ1v) is 9.73. The van der Waals surface area contributed by atoms with E-state index in [1.165, 1.54) is 23.5 Å². The van der Waals surface area contributed by atoms with Crippen molar-refractivity contribution in [2.45, 2.75) is 6.92 Å². The number of aromatic nitrogens is 2. The van der Waals surface area contributed by atoms with Crippen LogP contribution in [0.1, 0.15) is 26.8 Å². The summed E-state index contributed by atoms with van der Waals surface area (Å²) in [6.07, 6.45) is 4.11. The molecule has 30 heavy (non-hydrogen) atoms. The Morgan fingerprint density at radius 2 is 1.93 bits per heavy atom. The van der Waals surface area contributed by atoms with Gasteiger partial charge in [0, 0.05) is 28.1 Å². The molecule has 0 aliphatic rings. The van der Waals surface area contributed by atoms with Gasteiger partial charge in [0.25, 0.3) is 0 Å². The number of phenolic OH excluding ortho intramolecular Hbond substituents is 1. The molecule has 2 heterocycles. The molecule has 0 bridgehead atoms. The van der Waals surface area contributed by atoms with Crippen molar-refractivity contribution in [2.24, 2.45) is 0 Å². The Balaban J connectivity index is 1.73. The minimum Gasteiger partial charge on any atom is -0.508 e. The lowest BCUT2D eigenvalue weighted by atomic mass is 10.2. The summed E-state index contributed by atoms with van der Waals surface area (Å²) in [5.41, 5.74) is 1.47. The van der Waals surface area contributed by atoms with Crippen molar-refractivity contribution in [3.8, 4) is 17.2 Å². The van der Waals surface area contributed by atoms with E-state index in [9.17, 15) is 14.7 Å². The molecule has 0 saturated heterocycles. The summed E-state index contributed by atoms with van der Waals surface area (Å²) in [5.74, 6) is -0.165. The van der Waals surface area contributed by atoms with Crippen LogP contribution in [0.3, 0.4) is 0 Å². The zero-order valence-electron chi connectivity index (χ0n) is 15.7. The normalized spacial score (nSPS) is 11.2. The number of phenols is 1. The maximum atomic E-state index is 13.0. The highest BCUT2D eigenvalue weighted by Gasteiger charge is 2.24. The van der Waals surface area contributed by atoms with Gasteiger partial charge in [-0.05, 0) is 48.9 Å². The lowest BCUT2D eigenvalue weighted by molar-refractivity contribution is -0.131. The van der Waals surface area contributed by atoms with E-state index < -0.39 is 5.97 Å². The number of rotatable bonds is 6. The number of hydrogen-bond donors (Lipinski definition) is 3. The van der Waals surface area contributed by atoms with Crippen LogP contribution in [0, 0.1) is 6.92 Å². The number of ketones is 1. The third-order valence-electron chi connectivity index (χ3n) is 4.27. The second kappa shape index (κ2) is 7.84. The van der Waals surface area contributed by atoms with E-state index >= 15 is 0 Å². The summed E-state index contributed by atoms with van der Waals surface area (Å²) in [5, 5.41) is 19.2. The van der Waals surface area contributed by atoms with Crippen LogP contribution in [0.25, 0.3) is 16.2 Å². The highest BCUT2D eigenvalue weighted by Crippen LogP contribution is 2.42. The fourth-order valence-electron chi connectivity index (χ4n) is 2.88. The molecule has 3 N–H and O–H groups in total. The summed E-state index contributed by atoms with van der Waals surface area (Å²) in [6, 6.07) is 11.6. The number of carbonyl (C=O) groups is 2. The summed E-state index contributed by atoms with van der Waals surface area (Å²) >= 11 is 1.21. The van der Waals surface area contributed by atoms with E-state index in [1.807, 2.05) is 6.92 Å². The second-order valence-electron chi connectivity index (χ2n) is 6.53. The van der Waals surface area contributed by atoms with Gasteiger partial charge in [-0.15, -0.1) is 11.3 Å². The van der Waals surface area contributed by atoms with Crippen LogP contribution >= 0.6 is 11.3 Å². The molecular formula is C22H16N2O5S. The van der Waals surface area contributed by atoms with Crippen LogP contribution < -0.4 is 4.74 Å². The van der Waals surface area contributed by atoms with Gasteiger partial charge < -0.3 is 19.9 Å². The van der Waals surface area contributed by atoms with E-state index in [0.29, 0.717) is 32.0 Å². The number of thiophene rings is 1. The molecule has 2 aromatic carbocycles. The molecule has 4 aromatic rings. The predicted octanol–water partition coefficient (Wildman–Crippen LogP) is 4.76. The van der Waals surface area contributed by atoms with Crippen LogP contribution in [-0.4, -0.2) is 31.9 Å². The quantitative estimate of drug-likeness (QED) is 0.306. The molecule has 4 rings (SSSR count). The van der Waals surface area contributed by atoms with Gasteiger partial charge >= 0.3 is 5.97 Å². The van der Waals surface area contributed by atoms with E-state index in [0.717, 1.165) is 11.8 Å². The zero-order chi connectivity index (χ0) is 21.3. The Labute approximate surface area is 174 Å². The van der Waals surface area contributed by atoms with Gasteiger partial charge in [0.1, 0.15) is 16.4 Å². The molecule has 0 unspecified atom stereocenters. The van der Waals surface area contributed by atoms with Crippen molar-refractivity contribution < 1.29 is 24.5 Å². The van der Waals surface area contributed by atoms with Crippen molar-refractivity contribution in [1.29, 1.82) is 0 Å². The number of carboxylic acid groups (broad SMARTS) is 1. The molecule has 0 fully saturated rings. The van der Waals surface area contributed by atoms with Crippen LogP contribution in [0.5, 0.6) is 17.2 Å². The highest BCUT2D eigenvalue weighted by atomic mass is 32.1. The molecule has 0 radical (unpaired) electrons. The number of hydrogen-bond acceptors (Lipinski definition) is 6. The van der Waals surface area contributed by atoms with E-state index in [2.05, 4.69) is 9.97 Å². The fourth-order valence-corrected chi connectivity index (χ4v) is 3.98. The minimum atomic E-state index is -1.03. The van der Waals surface area contributed by atoms with Gasteiger partial charge in [-0.1, -0.05) is 12.1 Å². The summed E-state index contributed by atoms with van der Waals surface area (Å²) in [7, 11) is 0. The van der Waals surface area contributed by atoms with Gasteiger partial charge in [0.05, 0.1) is 0 Å². The fraction of sp³-hybridized carbons (Fsp3) is 0.0455. The number of aliphatic carboxylic acids is 1. The lowest BCUT2D eigenvalue weighted by Crippen LogP contribution is -2.03. The number of ether oxygens (including phenoxy) is 1. The van der Waals surface area contributed by atoms with Gasteiger partial charge in [0.2, 0.25) is 5.78 Å². The number of carbonyl (C=O) groups excluding carboxylic acids is 1. The lowest BCUT2D eigenvalue weighted by Gasteiger charge is -2.07. The maximum absolute atomic E-state index is 13.0. The molecule has 0 aliphatic heterocycles. The third-order valence-corrected chi connectivity index (χ3v) is 5.40. The monoisotopic (exact) mass is 420 g/mol. The molecule has 0 atom stereocenters. The zero-order valence-corrected chi connectivity index (χ0v) is 16.6. The number of imidazole rings is 1. The summed E-state index contributed by atoms with van der Waals surface area (Å²) < 4.78 is 6.76. The predicted molar refractivity (Wildman–Crippen MR) is 113 cm³/mol. The Bertz CT molecular complexity index is 1280. The molecule has 8 heteroatoms. The molecule has 7 nitrogen and oxygen atoms in total. The van der Waals surface area contributed by atoms with E-state index in [-0.39, 0.29) is 17.4 Å². The number of nitrogens with zero attached hydrogens (tertiary/aromatic N) is 1. The molecular weight excluding hydrogens is 404 g/mol. The maximum Gasteiger partial charge on any atom is 0.328 e. The van der Waals surface area contributed by atoms with Crippen molar-refractivity contribution in [3.05, 3.63) is 76.7 Å². The van der Waals surface area contributed by atoms with Crippen molar-refractivity contribution in [2.75, 3.05) is 0 Å². The van der Waals surface area contributed by atoms with Gasteiger partial charge in [-0.3, -0.25) is 4.79 Å². The van der Waals surface area contributed by atoms with Crippen LogP contribution in [0.15, 0.2) is 54.7 Å². The van der Waals surface area contributed by atoms with Crippen LogP contribution in [0.4, 0.5) is 0 Å². The van der Waals surface area contributed by atoms with Crippen molar-refractivity contribution >= 4 is 39.3 Å². The molecule has 0 spiro atoms. The summed E-state index contributed by atoms with van der Waals surface area (Å²) in [6.45, 7) is 1.81. The Kier molecular flexibility index (Phi) is 5.07. The molecule has 0 aliphatic carbocycles. The number of benzene rings is 2. The van der Waals surface area contributed by atoms with Gasteiger partial charge in [0.15, 0.2) is 11.6 Å². The van der Waals surface area contributed by atoms with Crippen LogP contribution in [-0.2, 0) is 4.79 Å². The van der Waals surface area contributed by atoms with Crippen molar-refractivity contribution in [1.82, 2.24) is 9.97 Å². The number of H-pyrrole nitrogens is 1. The third kappa shape index (κ3) is 3.94. The average molecular weight is 420 g/mol. The summed E-state index contributed by atoms with van der Waals surface area (Å²) in [4.78, 5) is 31.1. The first-order valence-electron chi connectivity index (χ1n) is 8.91. The van der Waals surface area contributed by atoms with E-state index in [4.69, 9.17) is 9.84 Å². The van der Waals surface area contributed by atoms with E-state index in [1.54, 1.807) is 42.6 Å². The highest BCUT2D eigenvalue weighted by molar-refractivity contribution is 7.21. The first-order chi connectivity index (χ1) is 14.4. The standard InChI is InChI=1S/C22H16N2O5S/c1-12-11-23-22(24-12)19(28)21-20(16-8-5-14(25)10-17(16)30-21)29-15-6-2-13(3-7-15)4-9-18(26)27/h2-11,25H,1H3,(H,23,24)(H,26,27)/b9-4+. The Hall–Kier alpha value is -3.91. The number of fused-ring (bicyclic) bond motifs is 1. The molecule has 0 saturated carbocycles. The average Bonchev–Trinajstić information content (AvgIpc) is 3.30. The number of aromatic hydroxyl groups is 1.